The second-order valence-electron chi connectivity index (χ2n) is 7.65. The number of hydrogen-bond acceptors (Lipinski definition) is 4. The van der Waals surface area contributed by atoms with Crippen molar-refractivity contribution in [3.05, 3.63) is 29.8 Å². The molecule has 0 aromatic heterocycles. The van der Waals surface area contributed by atoms with Gasteiger partial charge in [0.15, 0.2) is 5.96 Å². The van der Waals surface area contributed by atoms with Gasteiger partial charge in [-0.25, -0.2) is 0 Å². The topological polar surface area (TPSA) is 75.2 Å². The molecule has 2 aliphatic rings. The lowest BCUT2D eigenvalue weighted by Gasteiger charge is -2.37. The van der Waals surface area contributed by atoms with Crippen molar-refractivity contribution >= 4 is 41.5 Å². The lowest BCUT2D eigenvalue weighted by atomic mass is 10.1. The molecule has 0 saturated carbocycles. The number of morpholine rings is 1. The van der Waals surface area contributed by atoms with E-state index in [4.69, 9.17) is 9.47 Å². The van der Waals surface area contributed by atoms with Gasteiger partial charge in [-0.3, -0.25) is 9.79 Å². The highest BCUT2D eigenvalue weighted by molar-refractivity contribution is 14.0. The second-order valence-corrected chi connectivity index (χ2v) is 7.65. The predicted octanol–water partition coefficient (Wildman–Crippen LogP) is 2.85. The minimum absolute atomic E-state index is 0. The Bertz CT molecular complexity index is 675. The highest BCUT2D eigenvalue weighted by Gasteiger charge is 2.32. The molecule has 2 aliphatic heterocycles. The van der Waals surface area contributed by atoms with Crippen LogP contribution in [0.4, 0.5) is 5.69 Å². The third-order valence-electron chi connectivity index (χ3n) is 5.18. The molecule has 2 atom stereocenters. The number of hydrogen-bond donors (Lipinski definition) is 2. The zero-order valence-electron chi connectivity index (χ0n) is 17.5. The van der Waals surface area contributed by atoms with Crippen LogP contribution in [0.1, 0.15) is 32.3 Å². The number of anilines is 1. The lowest BCUT2D eigenvalue weighted by Crippen LogP contribution is -2.53. The minimum Gasteiger partial charge on any atom is -0.375 e. The molecule has 8 heteroatoms. The summed E-state index contributed by atoms with van der Waals surface area (Å²) in [5.74, 6) is 0.875. The molecule has 1 aromatic rings. The number of carbonyl (C=O) groups excluding carboxylic acids is 1. The van der Waals surface area contributed by atoms with Gasteiger partial charge in [-0.1, -0.05) is 26.0 Å². The Morgan fingerprint density at radius 3 is 2.55 bits per heavy atom. The molecule has 162 valence electrons. The molecule has 29 heavy (non-hydrogen) atoms. The van der Waals surface area contributed by atoms with Crippen molar-refractivity contribution in [2.45, 2.75) is 45.4 Å². The smallest absolute Gasteiger partial charge is 0.226 e. The third kappa shape index (κ3) is 6.82. The van der Waals surface area contributed by atoms with Crippen molar-refractivity contribution in [2.24, 2.45) is 10.9 Å². The molecule has 0 bridgehead atoms. The fraction of sp³-hybridized carbons (Fsp3) is 0.619. The first-order chi connectivity index (χ1) is 13.6. The quantitative estimate of drug-likeness (QED) is 0.358. The first-order valence-corrected chi connectivity index (χ1v) is 10.2. The Hall–Kier alpha value is -1.39. The van der Waals surface area contributed by atoms with E-state index in [2.05, 4.69) is 20.5 Å². The van der Waals surface area contributed by atoms with Crippen LogP contribution in [0.15, 0.2) is 29.3 Å². The number of aliphatic imine (C=N–C) groups is 1. The van der Waals surface area contributed by atoms with Crippen molar-refractivity contribution in [1.29, 1.82) is 0 Å². The van der Waals surface area contributed by atoms with Crippen LogP contribution < -0.4 is 10.6 Å². The number of amides is 1. The average Bonchev–Trinajstić information content (AvgIpc) is 3.25. The zero-order valence-corrected chi connectivity index (χ0v) is 19.8. The Kier molecular flexibility index (Phi) is 9.64. The number of guanidine groups is 1. The average molecular weight is 516 g/mol. The van der Waals surface area contributed by atoms with Gasteiger partial charge in [0.1, 0.15) is 6.10 Å². The first kappa shape index (κ1) is 23.9. The van der Waals surface area contributed by atoms with E-state index >= 15 is 0 Å². The Balaban J connectivity index is 0.00000300. The highest BCUT2D eigenvalue weighted by atomic mass is 127. The van der Waals surface area contributed by atoms with Gasteiger partial charge >= 0.3 is 0 Å². The van der Waals surface area contributed by atoms with Gasteiger partial charge in [0.2, 0.25) is 5.91 Å². The Morgan fingerprint density at radius 2 is 1.93 bits per heavy atom. The maximum absolute atomic E-state index is 11.8. The maximum Gasteiger partial charge on any atom is 0.226 e. The monoisotopic (exact) mass is 516 g/mol. The van der Waals surface area contributed by atoms with Crippen LogP contribution in [0.5, 0.6) is 0 Å². The number of benzene rings is 1. The van der Waals surface area contributed by atoms with Gasteiger partial charge < -0.3 is 25.0 Å². The van der Waals surface area contributed by atoms with Gasteiger partial charge in [0.25, 0.3) is 0 Å². The predicted molar refractivity (Wildman–Crippen MR) is 126 cm³/mol. The molecular formula is C21H33IN4O3. The summed E-state index contributed by atoms with van der Waals surface area (Å²) in [6.45, 7) is 7.59. The molecule has 2 saturated heterocycles. The van der Waals surface area contributed by atoms with E-state index < -0.39 is 0 Å². The van der Waals surface area contributed by atoms with Gasteiger partial charge in [0.05, 0.1) is 12.7 Å². The summed E-state index contributed by atoms with van der Waals surface area (Å²) in [6, 6.07) is 7.90. The van der Waals surface area contributed by atoms with E-state index in [0.29, 0.717) is 13.2 Å². The molecule has 1 amide bonds. The van der Waals surface area contributed by atoms with Crippen LogP contribution in [0.3, 0.4) is 0 Å². The van der Waals surface area contributed by atoms with Crippen LogP contribution in [-0.2, 0) is 20.8 Å². The van der Waals surface area contributed by atoms with Gasteiger partial charge in [-0.05, 0) is 30.5 Å². The number of rotatable bonds is 5. The first-order valence-electron chi connectivity index (χ1n) is 10.2. The van der Waals surface area contributed by atoms with E-state index in [-0.39, 0.29) is 48.0 Å². The number of halogens is 1. The molecule has 3 rings (SSSR count). The number of ether oxygens (including phenoxy) is 2. The SMILES string of the molecule is CN=C(NCc1ccc(NC(=O)C(C)C)cc1)N1CCOC(C2CCCO2)C1.I. The fourth-order valence-electron chi connectivity index (χ4n) is 3.49. The molecule has 0 aliphatic carbocycles. The van der Waals surface area contributed by atoms with Crippen molar-refractivity contribution in [3.63, 3.8) is 0 Å². The van der Waals surface area contributed by atoms with E-state index in [1.54, 1.807) is 0 Å². The van der Waals surface area contributed by atoms with Gasteiger partial charge in [-0.15, -0.1) is 24.0 Å². The van der Waals surface area contributed by atoms with Crippen molar-refractivity contribution < 1.29 is 14.3 Å². The number of carbonyl (C=O) groups is 1. The zero-order chi connectivity index (χ0) is 19.9. The summed E-state index contributed by atoms with van der Waals surface area (Å²) in [5.41, 5.74) is 1.95. The highest BCUT2D eigenvalue weighted by Crippen LogP contribution is 2.21. The summed E-state index contributed by atoms with van der Waals surface area (Å²) < 4.78 is 11.7. The molecule has 0 radical (unpaired) electrons. The maximum atomic E-state index is 11.8. The number of nitrogens with one attached hydrogen (secondary N) is 2. The van der Waals surface area contributed by atoms with E-state index in [1.165, 1.54) is 0 Å². The molecule has 0 spiro atoms. The molecular weight excluding hydrogens is 483 g/mol. The molecule has 2 N–H and O–H groups in total. The van der Waals surface area contributed by atoms with E-state index in [9.17, 15) is 4.79 Å². The third-order valence-corrected chi connectivity index (χ3v) is 5.18. The van der Waals surface area contributed by atoms with Crippen LogP contribution in [0.25, 0.3) is 0 Å². The van der Waals surface area contributed by atoms with Crippen LogP contribution in [-0.4, -0.2) is 62.3 Å². The van der Waals surface area contributed by atoms with Crippen LogP contribution in [0, 0.1) is 5.92 Å². The van der Waals surface area contributed by atoms with Crippen LogP contribution in [0.2, 0.25) is 0 Å². The number of nitrogens with zero attached hydrogens (tertiary/aromatic N) is 2. The Labute approximate surface area is 190 Å². The van der Waals surface area contributed by atoms with Crippen molar-refractivity contribution in [1.82, 2.24) is 10.2 Å². The fourth-order valence-corrected chi connectivity index (χ4v) is 3.49. The molecule has 1 aromatic carbocycles. The molecule has 2 heterocycles. The summed E-state index contributed by atoms with van der Waals surface area (Å²) >= 11 is 0. The second kappa shape index (κ2) is 11.7. The van der Waals surface area contributed by atoms with Crippen LogP contribution >= 0.6 is 24.0 Å². The summed E-state index contributed by atoms with van der Waals surface area (Å²) in [5, 5.41) is 6.35. The molecule has 2 unspecified atom stereocenters. The largest absolute Gasteiger partial charge is 0.375 e. The minimum atomic E-state index is -0.0309. The summed E-state index contributed by atoms with van der Waals surface area (Å²) in [7, 11) is 1.81. The van der Waals surface area contributed by atoms with E-state index in [1.807, 2.05) is 45.2 Å². The van der Waals surface area contributed by atoms with Gasteiger partial charge in [0, 0.05) is 44.9 Å². The molecule has 2 fully saturated rings. The standard InChI is InChI=1S/C21H32N4O3.HI/c1-15(2)20(26)24-17-8-6-16(7-9-17)13-23-21(22-3)25-10-12-28-19(14-25)18-5-4-11-27-18;/h6-9,15,18-19H,4-5,10-14H2,1-3H3,(H,22,23)(H,24,26);1H. The Morgan fingerprint density at radius 1 is 1.21 bits per heavy atom. The summed E-state index contributed by atoms with van der Waals surface area (Å²) in [4.78, 5) is 18.5. The van der Waals surface area contributed by atoms with Gasteiger partial charge in [-0.2, -0.15) is 0 Å². The normalized spacial score (nSPS) is 22.3. The van der Waals surface area contributed by atoms with Crippen molar-refractivity contribution in [2.75, 3.05) is 38.7 Å². The molecule has 7 nitrogen and oxygen atoms in total. The van der Waals surface area contributed by atoms with E-state index in [0.717, 1.165) is 49.7 Å². The lowest BCUT2D eigenvalue weighted by molar-refractivity contribution is -0.118. The van der Waals surface area contributed by atoms with Crippen molar-refractivity contribution in [3.8, 4) is 0 Å². The summed E-state index contributed by atoms with van der Waals surface area (Å²) in [6.07, 6.45) is 2.50.